The second-order valence-corrected chi connectivity index (χ2v) is 5.41. The summed E-state index contributed by atoms with van der Waals surface area (Å²) in [5.41, 5.74) is 2.10. The quantitative estimate of drug-likeness (QED) is 0.858. The van der Waals surface area contributed by atoms with Crippen LogP contribution in [0.25, 0.3) is 10.9 Å². The average Bonchev–Trinajstić information content (AvgIpc) is 2.52. The van der Waals surface area contributed by atoms with Gasteiger partial charge in [-0.05, 0) is 31.9 Å². The lowest BCUT2D eigenvalue weighted by Gasteiger charge is -2.17. The number of pyridine rings is 1. The predicted molar refractivity (Wildman–Crippen MR) is 85.9 cm³/mol. The van der Waals surface area contributed by atoms with E-state index in [9.17, 15) is 4.79 Å². The Labute approximate surface area is 126 Å². The van der Waals surface area contributed by atoms with Crippen LogP contribution in [0.1, 0.15) is 32.8 Å². The van der Waals surface area contributed by atoms with Crippen molar-refractivity contribution in [2.75, 3.05) is 0 Å². The molecule has 2 rings (SSSR count). The van der Waals surface area contributed by atoms with Crippen LogP contribution in [0.4, 0.5) is 0 Å². The molecule has 2 aromatic rings. The second-order valence-electron chi connectivity index (χ2n) is 5.41. The molecule has 21 heavy (non-hydrogen) atoms. The van der Waals surface area contributed by atoms with Gasteiger partial charge in [0.05, 0.1) is 11.6 Å². The van der Waals surface area contributed by atoms with Gasteiger partial charge in [0.1, 0.15) is 0 Å². The van der Waals surface area contributed by atoms with Gasteiger partial charge in [0.15, 0.2) is 0 Å². The summed E-state index contributed by atoms with van der Waals surface area (Å²) in [7, 11) is 0. The molecule has 4 nitrogen and oxygen atoms in total. The topological polar surface area (TPSA) is 54.0 Å². The number of hydrogen-bond acceptors (Lipinski definition) is 3. The molecule has 0 aliphatic rings. The summed E-state index contributed by atoms with van der Waals surface area (Å²) in [5, 5.41) is 7.37. The van der Waals surface area contributed by atoms with E-state index in [2.05, 4.69) is 22.5 Å². The molecule has 1 aromatic carbocycles. The first-order valence-corrected chi connectivity index (χ1v) is 7.48. The summed E-state index contributed by atoms with van der Waals surface area (Å²) in [4.78, 5) is 16.4. The Morgan fingerprint density at radius 1 is 1.24 bits per heavy atom. The summed E-state index contributed by atoms with van der Waals surface area (Å²) < 4.78 is 0. The lowest BCUT2D eigenvalue weighted by molar-refractivity contribution is -0.123. The summed E-state index contributed by atoms with van der Waals surface area (Å²) in [6.07, 6.45) is 2.73. The van der Waals surface area contributed by atoms with Crippen molar-refractivity contribution >= 4 is 16.8 Å². The van der Waals surface area contributed by atoms with Crippen LogP contribution in [0.15, 0.2) is 36.5 Å². The molecule has 0 bridgehead atoms. The number of hydrogen-bond donors (Lipinski definition) is 2. The Bertz CT molecular complexity index is 607. The first-order valence-electron chi connectivity index (χ1n) is 7.48. The molecule has 4 heteroatoms. The molecule has 0 saturated heterocycles. The molecule has 0 aliphatic heterocycles. The van der Waals surface area contributed by atoms with E-state index in [1.165, 1.54) is 0 Å². The number of benzene rings is 1. The largest absolute Gasteiger partial charge is 0.352 e. The van der Waals surface area contributed by atoms with Gasteiger partial charge in [-0.2, -0.15) is 0 Å². The molecule has 112 valence electrons. The van der Waals surface area contributed by atoms with Gasteiger partial charge in [-0.3, -0.25) is 9.78 Å². The highest BCUT2D eigenvalue weighted by Gasteiger charge is 2.14. The minimum Gasteiger partial charge on any atom is -0.352 e. The normalized spacial score (nSPS) is 13.9. The van der Waals surface area contributed by atoms with Crippen LogP contribution in [0.3, 0.4) is 0 Å². The van der Waals surface area contributed by atoms with Crippen molar-refractivity contribution in [3.05, 3.63) is 42.1 Å². The fourth-order valence-corrected chi connectivity index (χ4v) is 2.14. The van der Waals surface area contributed by atoms with E-state index in [4.69, 9.17) is 0 Å². The van der Waals surface area contributed by atoms with Gasteiger partial charge in [-0.1, -0.05) is 31.2 Å². The van der Waals surface area contributed by atoms with E-state index in [1.807, 2.05) is 44.2 Å². The third-order valence-electron chi connectivity index (χ3n) is 3.71. The third kappa shape index (κ3) is 4.02. The second kappa shape index (κ2) is 7.18. The number of carbonyl (C=O) groups is 1. The Hall–Kier alpha value is -1.94. The molecule has 2 unspecified atom stereocenters. The fourth-order valence-electron chi connectivity index (χ4n) is 2.14. The zero-order chi connectivity index (χ0) is 15.2. The van der Waals surface area contributed by atoms with Gasteiger partial charge in [-0.15, -0.1) is 0 Å². The predicted octanol–water partition coefficient (Wildman–Crippen LogP) is 2.63. The molecule has 1 amide bonds. The third-order valence-corrected chi connectivity index (χ3v) is 3.71. The van der Waals surface area contributed by atoms with Crippen molar-refractivity contribution in [1.82, 2.24) is 15.6 Å². The van der Waals surface area contributed by atoms with Crippen molar-refractivity contribution in [3.8, 4) is 0 Å². The molecule has 0 radical (unpaired) electrons. The van der Waals surface area contributed by atoms with Gasteiger partial charge in [-0.25, -0.2) is 0 Å². The number of aromatic nitrogens is 1. The maximum Gasteiger partial charge on any atom is 0.237 e. The van der Waals surface area contributed by atoms with E-state index in [0.717, 1.165) is 22.9 Å². The van der Waals surface area contributed by atoms with Crippen molar-refractivity contribution in [2.24, 2.45) is 0 Å². The van der Waals surface area contributed by atoms with Crippen molar-refractivity contribution in [2.45, 2.75) is 45.8 Å². The Morgan fingerprint density at radius 3 is 2.76 bits per heavy atom. The van der Waals surface area contributed by atoms with Gasteiger partial charge in [0, 0.05) is 24.2 Å². The van der Waals surface area contributed by atoms with Gasteiger partial charge < -0.3 is 10.6 Å². The van der Waals surface area contributed by atoms with Crippen molar-refractivity contribution < 1.29 is 4.79 Å². The summed E-state index contributed by atoms with van der Waals surface area (Å²) in [6, 6.07) is 10.1. The Kier molecular flexibility index (Phi) is 5.28. The lowest BCUT2D eigenvalue weighted by Crippen LogP contribution is -2.45. The highest BCUT2D eigenvalue weighted by atomic mass is 16.2. The zero-order valence-electron chi connectivity index (χ0n) is 12.9. The summed E-state index contributed by atoms with van der Waals surface area (Å²) in [5.74, 6) is 0.0394. The molecular formula is C17H23N3O. The van der Waals surface area contributed by atoms with Crippen LogP contribution in [0.5, 0.6) is 0 Å². The number of carbonyl (C=O) groups excluding carboxylic acids is 1. The fraction of sp³-hybridized carbons (Fsp3) is 0.412. The first kappa shape index (κ1) is 15.4. The van der Waals surface area contributed by atoms with Gasteiger partial charge in [0.25, 0.3) is 0 Å². The number of para-hydroxylation sites is 1. The van der Waals surface area contributed by atoms with Crippen molar-refractivity contribution in [3.63, 3.8) is 0 Å². The lowest BCUT2D eigenvalue weighted by atomic mass is 10.1. The molecule has 2 atom stereocenters. The number of rotatable bonds is 6. The molecule has 0 aliphatic carbocycles. The number of fused-ring (bicyclic) bond motifs is 1. The van der Waals surface area contributed by atoms with E-state index in [1.54, 1.807) is 6.20 Å². The SMILES string of the molecule is CCC(C)NC(=O)C(C)NCc1cccc2cccnc12. The molecule has 0 fully saturated rings. The van der Waals surface area contributed by atoms with Crippen molar-refractivity contribution in [1.29, 1.82) is 0 Å². The van der Waals surface area contributed by atoms with Gasteiger partial charge in [0.2, 0.25) is 5.91 Å². The van der Waals surface area contributed by atoms with Crippen LogP contribution in [0, 0.1) is 0 Å². The molecular weight excluding hydrogens is 262 g/mol. The maximum absolute atomic E-state index is 12.0. The van der Waals surface area contributed by atoms with Crippen LogP contribution < -0.4 is 10.6 Å². The number of nitrogens with zero attached hydrogens (tertiary/aromatic N) is 1. The highest BCUT2D eigenvalue weighted by Crippen LogP contribution is 2.15. The smallest absolute Gasteiger partial charge is 0.237 e. The minimum atomic E-state index is -0.224. The Morgan fingerprint density at radius 2 is 2.00 bits per heavy atom. The maximum atomic E-state index is 12.0. The Balaban J connectivity index is 2.00. The standard InChI is InChI=1S/C17H23N3O/c1-4-12(2)20-17(21)13(3)19-11-15-8-5-7-14-9-6-10-18-16(14)15/h5-10,12-13,19H,4,11H2,1-3H3,(H,20,21). The molecule has 0 spiro atoms. The molecule has 1 aromatic heterocycles. The molecule has 1 heterocycles. The molecule has 0 saturated carbocycles. The minimum absolute atomic E-state index is 0.0394. The van der Waals surface area contributed by atoms with E-state index in [0.29, 0.717) is 6.54 Å². The van der Waals surface area contributed by atoms with Crippen LogP contribution in [-0.4, -0.2) is 23.0 Å². The van der Waals surface area contributed by atoms with E-state index in [-0.39, 0.29) is 18.0 Å². The zero-order valence-corrected chi connectivity index (χ0v) is 12.9. The van der Waals surface area contributed by atoms with Crippen LogP contribution in [0.2, 0.25) is 0 Å². The highest BCUT2D eigenvalue weighted by molar-refractivity contribution is 5.82. The first-order chi connectivity index (χ1) is 10.1. The average molecular weight is 285 g/mol. The summed E-state index contributed by atoms with van der Waals surface area (Å²) >= 11 is 0. The molecule has 2 N–H and O–H groups in total. The van der Waals surface area contributed by atoms with E-state index < -0.39 is 0 Å². The monoisotopic (exact) mass is 285 g/mol. The van der Waals surface area contributed by atoms with Crippen LogP contribution >= 0.6 is 0 Å². The number of amides is 1. The number of nitrogens with one attached hydrogen (secondary N) is 2. The summed E-state index contributed by atoms with van der Waals surface area (Å²) in [6.45, 7) is 6.59. The van der Waals surface area contributed by atoms with Crippen LogP contribution in [-0.2, 0) is 11.3 Å². The van der Waals surface area contributed by atoms with Gasteiger partial charge >= 0.3 is 0 Å². The van der Waals surface area contributed by atoms with E-state index >= 15 is 0 Å².